The van der Waals surface area contributed by atoms with Crippen LogP contribution in [-0.4, -0.2) is 16.2 Å². The van der Waals surface area contributed by atoms with Crippen LogP contribution in [0.1, 0.15) is 39.9 Å². The minimum absolute atomic E-state index is 0.310. The molecule has 10 heteroatoms. The second kappa shape index (κ2) is 8.52. The van der Waals surface area contributed by atoms with Crippen molar-refractivity contribution in [3.05, 3.63) is 76.4 Å². The Morgan fingerprint density at radius 1 is 1.17 bits per heavy atom. The van der Waals surface area contributed by atoms with Gasteiger partial charge in [0.1, 0.15) is 18.1 Å². The number of nitrogens with one attached hydrogen (secondary N) is 2. The van der Waals surface area contributed by atoms with Gasteiger partial charge in [-0.2, -0.15) is 13.2 Å². The van der Waals surface area contributed by atoms with Crippen molar-refractivity contribution >= 4 is 11.7 Å². The zero-order valence-electron chi connectivity index (χ0n) is 16.0. The molecule has 0 saturated heterocycles. The molecule has 2 heterocycles. The van der Waals surface area contributed by atoms with Crippen LogP contribution >= 0.6 is 0 Å². The summed E-state index contributed by atoms with van der Waals surface area (Å²) in [5, 5.41) is 8.77. The van der Waals surface area contributed by atoms with Gasteiger partial charge in [0.2, 0.25) is 0 Å². The van der Waals surface area contributed by atoms with E-state index in [2.05, 4.69) is 20.8 Å². The van der Waals surface area contributed by atoms with Crippen LogP contribution in [0.3, 0.4) is 0 Å². The van der Waals surface area contributed by atoms with Crippen molar-refractivity contribution < 1.29 is 26.9 Å². The van der Waals surface area contributed by atoms with Crippen LogP contribution in [0.2, 0.25) is 0 Å². The van der Waals surface area contributed by atoms with Crippen LogP contribution in [0.15, 0.2) is 47.1 Å². The number of urea groups is 1. The number of benzene rings is 1. The van der Waals surface area contributed by atoms with Crippen molar-refractivity contribution in [2.24, 2.45) is 0 Å². The Balaban J connectivity index is 1.99. The zero-order chi connectivity index (χ0) is 21.9. The van der Waals surface area contributed by atoms with Crippen LogP contribution in [0.5, 0.6) is 0 Å². The normalized spacial score (nSPS) is 12.5. The van der Waals surface area contributed by atoms with E-state index >= 15 is 0 Å². The smallest absolute Gasteiger partial charge is 0.359 e. The van der Waals surface area contributed by atoms with E-state index in [1.165, 1.54) is 36.5 Å². The first-order valence-electron chi connectivity index (χ1n) is 8.88. The molecule has 0 unspecified atom stereocenters. The first-order valence-corrected chi connectivity index (χ1v) is 8.88. The third-order valence-corrected chi connectivity index (χ3v) is 4.43. The maximum atomic E-state index is 13.6. The molecule has 0 bridgehead atoms. The summed E-state index contributed by atoms with van der Waals surface area (Å²) in [5.41, 5.74) is 0.0329. The summed E-state index contributed by atoms with van der Waals surface area (Å²) in [4.78, 5) is 16.5. The molecule has 0 spiro atoms. The molecule has 1 aromatic carbocycles. The fraction of sp³-hybridized carbons (Fsp3) is 0.250. The Labute approximate surface area is 169 Å². The number of aromatic nitrogens is 2. The van der Waals surface area contributed by atoms with E-state index in [1.807, 2.05) is 0 Å². The molecule has 158 valence electrons. The summed E-state index contributed by atoms with van der Waals surface area (Å²) in [6, 6.07) is 5.81. The SMILES string of the molecule is Cc1noc(C)c1NC(=O)N[C@@H](c1ccc(CF)cc1)c1ncccc1C(F)(F)F. The van der Waals surface area contributed by atoms with Crippen molar-refractivity contribution in [1.82, 2.24) is 15.5 Å². The van der Waals surface area contributed by atoms with Crippen LogP contribution in [-0.2, 0) is 12.9 Å². The van der Waals surface area contributed by atoms with Crippen LogP contribution in [0.4, 0.5) is 28.0 Å². The number of hydrogen-bond donors (Lipinski definition) is 2. The molecule has 2 amide bonds. The number of carbonyl (C=O) groups excluding carboxylic acids is 1. The van der Waals surface area contributed by atoms with Crippen molar-refractivity contribution in [2.75, 3.05) is 5.32 Å². The topological polar surface area (TPSA) is 80.0 Å². The minimum Gasteiger partial charge on any atom is -0.359 e. The third kappa shape index (κ3) is 4.58. The number of pyridine rings is 1. The molecule has 3 aromatic rings. The molecule has 0 aliphatic heterocycles. The number of aryl methyl sites for hydroxylation is 2. The number of nitrogens with zero attached hydrogens (tertiary/aromatic N) is 2. The molecular weight excluding hydrogens is 404 g/mol. The number of carbonyl (C=O) groups is 1. The lowest BCUT2D eigenvalue weighted by Gasteiger charge is -2.22. The van der Waals surface area contributed by atoms with Crippen LogP contribution in [0.25, 0.3) is 0 Å². The van der Waals surface area contributed by atoms with Gasteiger partial charge >= 0.3 is 12.2 Å². The van der Waals surface area contributed by atoms with Crippen LogP contribution < -0.4 is 10.6 Å². The third-order valence-electron chi connectivity index (χ3n) is 4.43. The van der Waals surface area contributed by atoms with Gasteiger partial charge in [-0.1, -0.05) is 29.4 Å². The highest BCUT2D eigenvalue weighted by Crippen LogP contribution is 2.35. The predicted molar refractivity (Wildman–Crippen MR) is 100 cm³/mol. The Bertz CT molecular complexity index is 1010. The first-order chi connectivity index (χ1) is 14.2. The van der Waals surface area contributed by atoms with Gasteiger partial charge in [-0.3, -0.25) is 4.98 Å². The van der Waals surface area contributed by atoms with E-state index in [4.69, 9.17) is 4.52 Å². The molecule has 0 radical (unpaired) electrons. The highest BCUT2D eigenvalue weighted by atomic mass is 19.4. The van der Waals surface area contributed by atoms with E-state index in [9.17, 15) is 22.4 Å². The Morgan fingerprint density at radius 3 is 2.43 bits per heavy atom. The fourth-order valence-corrected chi connectivity index (χ4v) is 2.94. The molecule has 0 aliphatic rings. The van der Waals surface area contributed by atoms with E-state index in [0.717, 1.165) is 6.07 Å². The highest BCUT2D eigenvalue weighted by molar-refractivity contribution is 5.90. The minimum atomic E-state index is -4.68. The number of halogens is 4. The van der Waals surface area contributed by atoms with E-state index < -0.39 is 30.5 Å². The van der Waals surface area contributed by atoms with E-state index in [-0.39, 0.29) is 5.69 Å². The molecule has 0 saturated carbocycles. The monoisotopic (exact) mass is 422 g/mol. The summed E-state index contributed by atoms with van der Waals surface area (Å²) < 4.78 is 58.5. The Morgan fingerprint density at radius 2 is 1.87 bits per heavy atom. The molecular formula is C20H18F4N4O2. The molecule has 3 rings (SSSR count). The average molecular weight is 422 g/mol. The molecule has 30 heavy (non-hydrogen) atoms. The number of hydrogen-bond acceptors (Lipinski definition) is 4. The Kier molecular flexibility index (Phi) is 6.04. The van der Waals surface area contributed by atoms with Gasteiger partial charge in [0, 0.05) is 6.20 Å². The largest absolute Gasteiger partial charge is 0.418 e. The quantitative estimate of drug-likeness (QED) is 0.562. The van der Waals surface area contributed by atoms with Gasteiger partial charge in [-0.15, -0.1) is 0 Å². The zero-order valence-corrected chi connectivity index (χ0v) is 16.0. The van der Waals surface area contributed by atoms with Crippen molar-refractivity contribution in [3.63, 3.8) is 0 Å². The van der Waals surface area contributed by atoms with Gasteiger partial charge in [0.15, 0.2) is 5.76 Å². The molecule has 0 fully saturated rings. The average Bonchev–Trinajstić information content (AvgIpc) is 3.03. The summed E-state index contributed by atoms with van der Waals surface area (Å²) in [6.45, 7) is 2.48. The summed E-state index contributed by atoms with van der Waals surface area (Å²) in [7, 11) is 0. The summed E-state index contributed by atoms with van der Waals surface area (Å²) in [5.74, 6) is 0.348. The van der Waals surface area contributed by atoms with E-state index in [1.54, 1.807) is 13.8 Å². The van der Waals surface area contributed by atoms with Gasteiger partial charge in [-0.05, 0) is 37.1 Å². The summed E-state index contributed by atoms with van der Waals surface area (Å²) in [6.07, 6.45) is -3.47. The lowest BCUT2D eigenvalue weighted by Crippen LogP contribution is -2.35. The standard InChI is InChI=1S/C20H18F4N4O2/c1-11-16(12(2)30-28-11)26-19(29)27-17(14-7-5-13(10-21)6-8-14)18-15(20(22,23)24)4-3-9-25-18/h3-9,17H,10H2,1-2H3,(H2,26,27,29)/t17-/m0/s1. The number of rotatable bonds is 5. The molecule has 0 aliphatic carbocycles. The maximum absolute atomic E-state index is 13.6. The number of anilines is 1. The number of alkyl halides is 4. The molecule has 6 nitrogen and oxygen atoms in total. The number of amides is 2. The highest BCUT2D eigenvalue weighted by Gasteiger charge is 2.37. The summed E-state index contributed by atoms with van der Waals surface area (Å²) >= 11 is 0. The second-order valence-corrected chi connectivity index (χ2v) is 6.54. The predicted octanol–water partition coefficient (Wildman–Crippen LogP) is 5.09. The first kappa shape index (κ1) is 21.3. The van der Waals surface area contributed by atoms with Crippen molar-refractivity contribution in [1.29, 1.82) is 0 Å². The van der Waals surface area contributed by atoms with Crippen molar-refractivity contribution in [2.45, 2.75) is 32.7 Å². The lowest BCUT2D eigenvalue weighted by molar-refractivity contribution is -0.138. The van der Waals surface area contributed by atoms with Gasteiger partial charge < -0.3 is 15.2 Å². The second-order valence-electron chi connectivity index (χ2n) is 6.54. The fourth-order valence-electron chi connectivity index (χ4n) is 2.94. The maximum Gasteiger partial charge on any atom is 0.418 e. The van der Waals surface area contributed by atoms with E-state index in [0.29, 0.717) is 28.3 Å². The molecule has 1 atom stereocenters. The van der Waals surface area contributed by atoms with Crippen LogP contribution in [0, 0.1) is 13.8 Å². The van der Waals surface area contributed by atoms with Gasteiger partial charge in [-0.25, -0.2) is 9.18 Å². The van der Waals surface area contributed by atoms with Gasteiger partial charge in [0.05, 0.1) is 17.3 Å². The van der Waals surface area contributed by atoms with Gasteiger partial charge in [0.25, 0.3) is 0 Å². The lowest BCUT2D eigenvalue weighted by atomic mass is 9.98. The molecule has 2 N–H and O–H groups in total. The Hall–Kier alpha value is -3.43. The molecule has 2 aromatic heterocycles. The van der Waals surface area contributed by atoms with Crippen molar-refractivity contribution in [3.8, 4) is 0 Å².